The van der Waals surface area contributed by atoms with Crippen molar-refractivity contribution < 1.29 is 19.4 Å². The first-order valence-corrected chi connectivity index (χ1v) is 12.6. The first-order chi connectivity index (χ1) is 13.4. The second-order valence-electron chi connectivity index (χ2n) is 8.16. The number of aliphatic hydroxyl groups is 2. The van der Waals surface area contributed by atoms with Crippen molar-refractivity contribution in [1.82, 2.24) is 0 Å². The van der Waals surface area contributed by atoms with Crippen LogP contribution in [0.4, 0.5) is 0 Å². The van der Waals surface area contributed by atoms with E-state index in [0.29, 0.717) is 12.4 Å². The van der Waals surface area contributed by atoms with E-state index < -0.39 is 14.4 Å². The zero-order chi connectivity index (χ0) is 20.2. The number of hydrogen-bond acceptors (Lipinski definition) is 5. The van der Waals surface area contributed by atoms with Crippen molar-refractivity contribution in [2.75, 3.05) is 19.0 Å². The fraction of sp³-hybridized carbons (Fsp3) is 0.455. The van der Waals surface area contributed by atoms with Gasteiger partial charge in [-0.2, -0.15) is 0 Å². The fourth-order valence-electron chi connectivity index (χ4n) is 3.84. The lowest BCUT2D eigenvalue weighted by atomic mass is 10.2. The van der Waals surface area contributed by atoms with Crippen LogP contribution in [0.1, 0.15) is 20.8 Å². The largest absolute Gasteiger partial charge is 0.404 e. The Kier molecular flexibility index (Phi) is 7.01. The van der Waals surface area contributed by atoms with E-state index in [9.17, 15) is 10.2 Å². The zero-order valence-electron chi connectivity index (χ0n) is 16.7. The third kappa shape index (κ3) is 4.37. The molecule has 4 nitrogen and oxygen atoms in total. The Balaban J connectivity index is 1.91. The summed E-state index contributed by atoms with van der Waals surface area (Å²) in [6.07, 6.45) is -1.19. The van der Waals surface area contributed by atoms with Gasteiger partial charge in [-0.3, -0.25) is 0 Å². The minimum Gasteiger partial charge on any atom is -0.404 e. The molecule has 2 N–H and O–H groups in total. The number of ether oxygens (including phenoxy) is 1. The van der Waals surface area contributed by atoms with Crippen molar-refractivity contribution >= 4 is 30.5 Å². The maximum absolute atomic E-state index is 9.87. The number of aliphatic hydroxyl groups excluding tert-OH is 2. The van der Waals surface area contributed by atoms with Gasteiger partial charge in [-0.15, -0.1) is 11.8 Å². The molecule has 0 unspecified atom stereocenters. The number of thioether (sulfide) groups is 1. The molecule has 1 heterocycles. The van der Waals surface area contributed by atoms with Crippen LogP contribution in [0, 0.1) is 0 Å². The topological polar surface area (TPSA) is 58.9 Å². The van der Waals surface area contributed by atoms with Gasteiger partial charge in [0.05, 0.1) is 19.3 Å². The average molecular weight is 419 g/mol. The third-order valence-corrected chi connectivity index (χ3v) is 11.4. The maximum Gasteiger partial charge on any atom is 0.261 e. The molecule has 0 spiro atoms. The Morgan fingerprint density at radius 3 is 2.07 bits per heavy atom. The standard InChI is InChI=1S/C22H30O4SSi/c1-22(2,3)28(17-10-6-4-7-11-17,18-12-8-5-9-13-18)25-15-21-26-20(16-27-21)19(24)14-23/h4-13,19-21,23-24H,14-16H2,1-3H3/t19-,20-,21+/m0/s1. The molecule has 2 aromatic carbocycles. The summed E-state index contributed by atoms with van der Waals surface area (Å²) in [5.74, 6) is 0.663. The minimum absolute atomic E-state index is 0.0804. The van der Waals surface area contributed by atoms with E-state index in [2.05, 4.69) is 69.3 Å². The lowest BCUT2D eigenvalue weighted by Gasteiger charge is -2.43. The van der Waals surface area contributed by atoms with Gasteiger partial charge in [-0.25, -0.2) is 0 Å². The molecule has 0 amide bonds. The maximum atomic E-state index is 9.87. The molecule has 3 atom stereocenters. The smallest absolute Gasteiger partial charge is 0.261 e. The summed E-state index contributed by atoms with van der Waals surface area (Å²) >= 11 is 1.64. The van der Waals surface area contributed by atoms with Crippen LogP contribution in [0.3, 0.4) is 0 Å². The molecule has 1 aliphatic heterocycles. The molecule has 152 valence electrons. The van der Waals surface area contributed by atoms with Crippen LogP contribution in [0.5, 0.6) is 0 Å². The number of hydrogen-bond donors (Lipinski definition) is 2. The van der Waals surface area contributed by atoms with E-state index in [1.54, 1.807) is 11.8 Å². The molecule has 3 rings (SSSR count). The first-order valence-electron chi connectivity index (χ1n) is 9.69. The normalized spacial score (nSPS) is 21.6. The molecule has 0 aromatic heterocycles. The SMILES string of the molecule is CC(C)(C)[Si](OC[C@@H]1O[C@H]([C@@H](O)CO)CS1)(c1ccccc1)c1ccccc1. The predicted octanol–water partition coefficient (Wildman–Crippen LogP) is 2.37. The van der Waals surface area contributed by atoms with Crippen molar-refractivity contribution in [2.24, 2.45) is 0 Å². The van der Waals surface area contributed by atoms with Gasteiger partial charge in [0.1, 0.15) is 11.5 Å². The highest BCUT2D eigenvalue weighted by Gasteiger charge is 2.50. The quantitative estimate of drug-likeness (QED) is 0.676. The van der Waals surface area contributed by atoms with Crippen LogP contribution in [0.15, 0.2) is 60.7 Å². The third-order valence-electron chi connectivity index (χ3n) is 5.24. The van der Waals surface area contributed by atoms with E-state index in [-0.39, 0.29) is 23.2 Å². The van der Waals surface area contributed by atoms with Crippen molar-refractivity contribution in [3.8, 4) is 0 Å². The van der Waals surface area contributed by atoms with Gasteiger partial charge >= 0.3 is 0 Å². The molecule has 2 aromatic rings. The van der Waals surface area contributed by atoms with Gasteiger partial charge in [-0.05, 0) is 15.4 Å². The average Bonchev–Trinajstić information content (AvgIpc) is 3.17. The summed E-state index contributed by atoms with van der Waals surface area (Å²) in [6.45, 7) is 6.92. The fourth-order valence-corrected chi connectivity index (χ4v) is 9.61. The lowest BCUT2D eigenvalue weighted by Crippen LogP contribution is -2.67. The summed E-state index contributed by atoms with van der Waals surface area (Å²) < 4.78 is 12.8. The van der Waals surface area contributed by atoms with E-state index >= 15 is 0 Å². The van der Waals surface area contributed by atoms with E-state index in [4.69, 9.17) is 9.16 Å². The predicted molar refractivity (Wildman–Crippen MR) is 118 cm³/mol. The Hall–Kier alpha value is -1.15. The van der Waals surface area contributed by atoms with Crippen LogP contribution in [-0.2, 0) is 9.16 Å². The van der Waals surface area contributed by atoms with Crippen LogP contribution >= 0.6 is 11.8 Å². The molecule has 1 aliphatic rings. The van der Waals surface area contributed by atoms with Crippen molar-refractivity contribution in [2.45, 2.75) is 43.5 Å². The van der Waals surface area contributed by atoms with Crippen LogP contribution in [0.25, 0.3) is 0 Å². The molecule has 1 saturated heterocycles. The first kappa shape index (κ1) is 21.6. The monoisotopic (exact) mass is 418 g/mol. The van der Waals surface area contributed by atoms with E-state index in [1.807, 2.05) is 12.1 Å². The summed E-state index contributed by atoms with van der Waals surface area (Å²) in [5.41, 5.74) is -0.146. The second-order valence-corrected chi connectivity index (χ2v) is 13.7. The molecule has 0 radical (unpaired) electrons. The van der Waals surface area contributed by atoms with Crippen LogP contribution in [-0.4, -0.2) is 55.1 Å². The van der Waals surface area contributed by atoms with E-state index in [1.165, 1.54) is 10.4 Å². The van der Waals surface area contributed by atoms with Gasteiger partial charge in [0.15, 0.2) is 0 Å². The van der Waals surface area contributed by atoms with Gasteiger partial charge in [0.25, 0.3) is 8.32 Å². The van der Waals surface area contributed by atoms with Crippen LogP contribution < -0.4 is 10.4 Å². The molecule has 0 aliphatic carbocycles. The van der Waals surface area contributed by atoms with Gasteiger partial charge in [0.2, 0.25) is 0 Å². The van der Waals surface area contributed by atoms with Gasteiger partial charge < -0.3 is 19.4 Å². The summed E-state index contributed by atoms with van der Waals surface area (Å²) in [4.78, 5) is 0. The van der Waals surface area contributed by atoms with Gasteiger partial charge in [-0.1, -0.05) is 81.4 Å². The molecule has 0 saturated carbocycles. The van der Waals surface area contributed by atoms with Gasteiger partial charge in [0, 0.05) is 5.75 Å². The Labute approximate surface area is 173 Å². The number of rotatable bonds is 7. The zero-order valence-corrected chi connectivity index (χ0v) is 18.6. The molecular weight excluding hydrogens is 388 g/mol. The number of benzene rings is 2. The Morgan fingerprint density at radius 1 is 1.07 bits per heavy atom. The van der Waals surface area contributed by atoms with Crippen molar-refractivity contribution in [3.63, 3.8) is 0 Å². The molecule has 0 bridgehead atoms. The molecule has 6 heteroatoms. The minimum atomic E-state index is -2.58. The Morgan fingerprint density at radius 2 is 1.61 bits per heavy atom. The molecular formula is C22H30O4SSi. The van der Waals surface area contributed by atoms with E-state index in [0.717, 1.165) is 0 Å². The van der Waals surface area contributed by atoms with Crippen molar-refractivity contribution in [1.29, 1.82) is 0 Å². The highest BCUT2D eigenvalue weighted by molar-refractivity contribution is 8.00. The molecule has 1 fully saturated rings. The van der Waals surface area contributed by atoms with Crippen molar-refractivity contribution in [3.05, 3.63) is 60.7 Å². The second kappa shape index (κ2) is 9.11. The van der Waals surface area contributed by atoms with Crippen LogP contribution in [0.2, 0.25) is 5.04 Å². The highest BCUT2D eigenvalue weighted by Crippen LogP contribution is 2.38. The summed E-state index contributed by atoms with van der Waals surface area (Å²) in [6, 6.07) is 21.0. The summed E-state index contributed by atoms with van der Waals surface area (Å²) in [5, 5.41) is 21.4. The lowest BCUT2D eigenvalue weighted by molar-refractivity contribution is -0.0532. The Bertz CT molecular complexity index is 696. The summed E-state index contributed by atoms with van der Waals surface area (Å²) in [7, 11) is -2.58. The molecule has 28 heavy (non-hydrogen) atoms. The highest BCUT2D eigenvalue weighted by atomic mass is 32.2.